The normalized spacial score (nSPS) is 11.3. The van der Waals surface area contributed by atoms with Crippen molar-refractivity contribution in [3.05, 3.63) is 53.6 Å². The van der Waals surface area contributed by atoms with Crippen molar-refractivity contribution in [1.82, 2.24) is 5.32 Å². The van der Waals surface area contributed by atoms with Crippen LogP contribution >= 0.6 is 12.6 Å². The minimum Gasteiger partial charge on any atom is -0.508 e. The van der Waals surface area contributed by atoms with E-state index >= 15 is 0 Å². The van der Waals surface area contributed by atoms with Gasteiger partial charge in [0.25, 0.3) is 0 Å². The van der Waals surface area contributed by atoms with Crippen molar-refractivity contribution in [2.45, 2.75) is 13.0 Å². The molecule has 1 amide bonds. The van der Waals surface area contributed by atoms with Crippen molar-refractivity contribution in [3.63, 3.8) is 0 Å². The van der Waals surface area contributed by atoms with Gasteiger partial charge < -0.3 is 25.7 Å². The molecule has 0 saturated heterocycles. The molecule has 0 radical (unpaired) electrons. The average molecular weight is 391 g/mol. The highest BCUT2D eigenvalue weighted by Gasteiger charge is 2.15. The standard InChI is InChI=1S/C14H12O3.C5H9NO3S/c15-12-5-3-10(4-6-12)1-2-11-7-13(16)9-14(17)8-11;1-3(7)6-4(2-10)5(8)9/h1-9,15-17H;4,10H,2H2,1H3,(H,6,7)(H,8,9)/b2-1+;/t;4-/m.0/s1. The number of benzene rings is 2. The molecule has 0 aliphatic carbocycles. The minimum atomic E-state index is -1.06. The monoisotopic (exact) mass is 391 g/mol. The van der Waals surface area contributed by atoms with Crippen LogP contribution in [0.2, 0.25) is 0 Å². The summed E-state index contributed by atoms with van der Waals surface area (Å²) in [5, 5.41) is 38.3. The van der Waals surface area contributed by atoms with Gasteiger partial charge in [0, 0.05) is 18.7 Å². The summed E-state index contributed by atoms with van der Waals surface area (Å²) < 4.78 is 0. The van der Waals surface area contributed by atoms with Crippen LogP contribution in [0, 0.1) is 0 Å². The lowest BCUT2D eigenvalue weighted by Gasteiger charge is -2.08. The van der Waals surface area contributed by atoms with Gasteiger partial charge in [-0.3, -0.25) is 4.79 Å². The molecular formula is C19H21NO6S. The van der Waals surface area contributed by atoms with E-state index in [2.05, 4.69) is 17.9 Å². The molecule has 0 aliphatic heterocycles. The van der Waals surface area contributed by atoms with Crippen LogP contribution in [0.15, 0.2) is 42.5 Å². The van der Waals surface area contributed by atoms with Crippen molar-refractivity contribution in [2.75, 3.05) is 5.75 Å². The highest BCUT2D eigenvalue weighted by Crippen LogP contribution is 2.22. The van der Waals surface area contributed by atoms with Gasteiger partial charge in [0.1, 0.15) is 23.3 Å². The number of carbonyl (C=O) groups is 2. The topological polar surface area (TPSA) is 127 Å². The number of phenols is 3. The fourth-order valence-electron chi connectivity index (χ4n) is 1.92. The van der Waals surface area contributed by atoms with Crippen LogP contribution in [0.25, 0.3) is 12.2 Å². The number of carboxylic acid groups (broad SMARTS) is 1. The Balaban J connectivity index is 0.000000314. The second-order valence-electron chi connectivity index (χ2n) is 5.48. The van der Waals surface area contributed by atoms with Crippen LogP contribution in [0.1, 0.15) is 18.1 Å². The minimum absolute atomic E-state index is 0.0235. The number of hydrogen-bond acceptors (Lipinski definition) is 6. The maximum Gasteiger partial charge on any atom is 0.327 e. The molecule has 0 spiro atoms. The Kier molecular flexibility index (Phi) is 8.74. The van der Waals surface area contributed by atoms with Gasteiger partial charge in [-0.25, -0.2) is 4.79 Å². The molecule has 0 bridgehead atoms. The summed E-state index contributed by atoms with van der Waals surface area (Å²) in [5.74, 6) is -1.05. The van der Waals surface area contributed by atoms with Gasteiger partial charge in [-0.05, 0) is 35.4 Å². The van der Waals surface area contributed by atoms with E-state index in [1.807, 2.05) is 6.08 Å². The quantitative estimate of drug-likeness (QED) is 0.343. The van der Waals surface area contributed by atoms with Gasteiger partial charge in [-0.1, -0.05) is 24.3 Å². The molecule has 0 unspecified atom stereocenters. The maximum atomic E-state index is 10.3. The van der Waals surface area contributed by atoms with Crippen LogP contribution in [-0.4, -0.2) is 44.1 Å². The number of amides is 1. The van der Waals surface area contributed by atoms with E-state index in [9.17, 15) is 19.8 Å². The van der Waals surface area contributed by atoms with Gasteiger partial charge in [0.05, 0.1) is 0 Å². The second kappa shape index (κ2) is 10.8. The molecule has 0 heterocycles. The van der Waals surface area contributed by atoms with Gasteiger partial charge >= 0.3 is 5.97 Å². The largest absolute Gasteiger partial charge is 0.508 e. The van der Waals surface area contributed by atoms with E-state index in [-0.39, 0.29) is 28.9 Å². The van der Waals surface area contributed by atoms with E-state index in [4.69, 9.17) is 10.2 Å². The summed E-state index contributed by atoms with van der Waals surface area (Å²) in [5.41, 5.74) is 1.63. The number of nitrogens with one attached hydrogen (secondary N) is 1. The second-order valence-corrected chi connectivity index (χ2v) is 5.85. The molecule has 2 aromatic carbocycles. The van der Waals surface area contributed by atoms with Crippen molar-refractivity contribution >= 4 is 36.7 Å². The third-order valence-corrected chi connectivity index (χ3v) is 3.51. The Morgan fingerprint density at radius 2 is 1.48 bits per heavy atom. The van der Waals surface area contributed by atoms with Crippen molar-refractivity contribution in [1.29, 1.82) is 0 Å². The predicted molar refractivity (Wildman–Crippen MR) is 106 cm³/mol. The van der Waals surface area contributed by atoms with Crippen LogP contribution in [0.5, 0.6) is 17.2 Å². The summed E-state index contributed by atoms with van der Waals surface area (Å²) in [6.07, 6.45) is 3.60. The Labute approximate surface area is 162 Å². The van der Waals surface area contributed by atoms with Crippen LogP contribution in [-0.2, 0) is 9.59 Å². The van der Waals surface area contributed by atoms with E-state index < -0.39 is 12.0 Å². The number of rotatable bonds is 5. The third-order valence-electron chi connectivity index (χ3n) is 3.14. The van der Waals surface area contributed by atoms with Gasteiger partial charge in [0.2, 0.25) is 5.91 Å². The summed E-state index contributed by atoms with van der Waals surface area (Å²) in [6, 6.07) is 10.2. The number of aromatic hydroxyl groups is 3. The third kappa shape index (κ3) is 8.68. The zero-order valence-corrected chi connectivity index (χ0v) is 15.4. The summed E-state index contributed by atoms with van der Waals surface area (Å²) >= 11 is 3.73. The van der Waals surface area contributed by atoms with E-state index in [1.165, 1.54) is 13.0 Å². The molecular weight excluding hydrogens is 370 g/mol. The number of thiol groups is 1. The fourth-order valence-corrected chi connectivity index (χ4v) is 2.17. The van der Waals surface area contributed by atoms with Gasteiger partial charge in [-0.15, -0.1) is 0 Å². The lowest BCUT2D eigenvalue weighted by Crippen LogP contribution is -2.40. The van der Waals surface area contributed by atoms with Crippen LogP contribution in [0.4, 0.5) is 0 Å². The molecule has 0 fully saturated rings. The molecule has 5 N–H and O–H groups in total. The SMILES string of the molecule is CC(=O)N[C@@H](CS)C(=O)O.Oc1ccc(/C=C/c2cc(O)cc(O)c2)cc1. The zero-order chi connectivity index (χ0) is 20.4. The first kappa shape index (κ1) is 21.9. The Hall–Kier alpha value is -3.13. The predicted octanol–water partition coefficient (Wildman–Crippen LogP) is 2.48. The molecule has 0 saturated carbocycles. The average Bonchev–Trinajstić information content (AvgIpc) is 2.58. The number of carboxylic acids is 1. The first-order valence-electron chi connectivity index (χ1n) is 7.82. The molecule has 0 aromatic heterocycles. The molecule has 7 nitrogen and oxygen atoms in total. The number of hydrogen-bond donors (Lipinski definition) is 6. The molecule has 144 valence electrons. The van der Waals surface area contributed by atoms with Gasteiger partial charge in [0.15, 0.2) is 0 Å². The van der Waals surface area contributed by atoms with E-state index in [1.54, 1.807) is 42.5 Å². The maximum absolute atomic E-state index is 10.3. The summed E-state index contributed by atoms with van der Waals surface area (Å²) in [4.78, 5) is 20.5. The molecule has 2 rings (SSSR count). The fraction of sp³-hybridized carbons (Fsp3) is 0.158. The Morgan fingerprint density at radius 1 is 0.963 bits per heavy atom. The first-order chi connectivity index (χ1) is 12.7. The smallest absolute Gasteiger partial charge is 0.327 e. The Morgan fingerprint density at radius 3 is 1.89 bits per heavy atom. The summed E-state index contributed by atoms with van der Waals surface area (Å²) in [7, 11) is 0. The van der Waals surface area contributed by atoms with Crippen LogP contribution in [0.3, 0.4) is 0 Å². The van der Waals surface area contributed by atoms with Crippen molar-refractivity contribution in [2.24, 2.45) is 0 Å². The molecule has 2 aromatic rings. The zero-order valence-electron chi connectivity index (χ0n) is 14.5. The van der Waals surface area contributed by atoms with Crippen molar-refractivity contribution in [3.8, 4) is 17.2 Å². The molecule has 0 aliphatic rings. The number of aliphatic carboxylic acids is 1. The van der Waals surface area contributed by atoms with Gasteiger partial charge in [-0.2, -0.15) is 12.6 Å². The first-order valence-corrected chi connectivity index (χ1v) is 8.45. The van der Waals surface area contributed by atoms with E-state index in [0.29, 0.717) is 5.56 Å². The molecule has 8 heteroatoms. The summed E-state index contributed by atoms with van der Waals surface area (Å²) in [6.45, 7) is 1.26. The lowest BCUT2D eigenvalue weighted by molar-refractivity contribution is -0.140. The number of phenolic OH excluding ortho intramolecular Hbond substituents is 3. The molecule has 1 atom stereocenters. The number of carbonyl (C=O) groups excluding carboxylic acids is 1. The lowest BCUT2D eigenvalue weighted by atomic mass is 10.1. The van der Waals surface area contributed by atoms with E-state index in [0.717, 1.165) is 5.56 Å². The van der Waals surface area contributed by atoms with Crippen molar-refractivity contribution < 1.29 is 30.0 Å². The van der Waals surface area contributed by atoms with Crippen LogP contribution < -0.4 is 5.32 Å². The Bertz CT molecular complexity index is 784. The highest BCUT2D eigenvalue weighted by atomic mass is 32.1. The molecule has 27 heavy (non-hydrogen) atoms. The highest BCUT2D eigenvalue weighted by molar-refractivity contribution is 7.80.